The molecule has 0 aliphatic heterocycles. The first-order valence-corrected chi connectivity index (χ1v) is 7.93. The second kappa shape index (κ2) is 5.28. The minimum Gasteiger partial charge on any atom is -0.310 e. The van der Waals surface area contributed by atoms with Crippen LogP contribution in [0.15, 0.2) is 18.2 Å². The maximum atomic E-state index is 3.81. The lowest BCUT2D eigenvalue weighted by molar-refractivity contribution is 0.259. The van der Waals surface area contributed by atoms with Crippen LogP contribution in [0.25, 0.3) is 0 Å². The summed E-state index contributed by atoms with van der Waals surface area (Å²) in [6.45, 7) is 7.89. The fraction of sp³-hybridized carbons (Fsp3) is 0.667. The molecule has 1 nitrogen and oxygen atoms in total. The topological polar surface area (TPSA) is 12.0 Å². The lowest BCUT2D eigenvalue weighted by Crippen LogP contribution is -2.36. The van der Waals surface area contributed by atoms with Crippen molar-refractivity contribution in [2.45, 2.75) is 59.0 Å². The van der Waals surface area contributed by atoms with Crippen molar-refractivity contribution >= 4 is 0 Å². The average Bonchev–Trinajstić information content (AvgIpc) is 3.00. The first-order chi connectivity index (χ1) is 9.15. The third-order valence-corrected chi connectivity index (χ3v) is 5.68. The molecular weight excluding hydrogens is 230 g/mol. The quantitative estimate of drug-likeness (QED) is 0.851. The maximum absolute atomic E-state index is 3.81. The van der Waals surface area contributed by atoms with Crippen LogP contribution in [-0.2, 0) is 6.54 Å². The highest BCUT2D eigenvalue weighted by molar-refractivity contribution is 5.33. The molecule has 2 saturated carbocycles. The third-order valence-electron chi connectivity index (χ3n) is 5.68. The van der Waals surface area contributed by atoms with Gasteiger partial charge in [0.05, 0.1) is 0 Å². The molecule has 0 heterocycles. The first kappa shape index (κ1) is 13.2. The molecule has 0 radical (unpaired) electrons. The van der Waals surface area contributed by atoms with E-state index in [1.54, 1.807) is 0 Å². The highest BCUT2D eigenvalue weighted by Gasteiger charge is 2.41. The summed E-state index contributed by atoms with van der Waals surface area (Å²) in [4.78, 5) is 0. The molecule has 0 amide bonds. The molecule has 19 heavy (non-hydrogen) atoms. The number of hydrogen-bond donors (Lipinski definition) is 1. The van der Waals surface area contributed by atoms with Gasteiger partial charge in [-0.25, -0.2) is 0 Å². The Morgan fingerprint density at radius 2 is 1.89 bits per heavy atom. The minimum atomic E-state index is 0.675. The van der Waals surface area contributed by atoms with Crippen molar-refractivity contribution in [1.29, 1.82) is 0 Å². The van der Waals surface area contributed by atoms with Crippen molar-refractivity contribution < 1.29 is 0 Å². The van der Waals surface area contributed by atoms with Crippen LogP contribution in [0.5, 0.6) is 0 Å². The molecule has 1 heteroatoms. The van der Waals surface area contributed by atoms with Gasteiger partial charge in [0, 0.05) is 12.6 Å². The summed E-state index contributed by atoms with van der Waals surface area (Å²) in [6, 6.07) is 7.29. The zero-order valence-corrected chi connectivity index (χ0v) is 12.6. The normalized spacial score (nSPS) is 30.8. The summed E-state index contributed by atoms with van der Waals surface area (Å²) in [7, 11) is 0. The lowest BCUT2D eigenvalue weighted by Gasteiger charge is -2.29. The van der Waals surface area contributed by atoms with Crippen molar-refractivity contribution in [2.75, 3.05) is 0 Å². The van der Waals surface area contributed by atoms with E-state index in [1.807, 2.05) is 0 Å². The van der Waals surface area contributed by atoms with Crippen molar-refractivity contribution in [1.82, 2.24) is 5.32 Å². The molecule has 1 N–H and O–H groups in total. The number of rotatable bonds is 4. The van der Waals surface area contributed by atoms with E-state index in [9.17, 15) is 0 Å². The van der Waals surface area contributed by atoms with E-state index in [-0.39, 0.29) is 0 Å². The highest BCUT2D eigenvalue weighted by atomic mass is 14.9. The molecule has 2 aliphatic carbocycles. The maximum Gasteiger partial charge on any atom is 0.0213 e. The van der Waals surface area contributed by atoms with Crippen molar-refractivity contribution in [3.05, 3.63) is 34.9 Å². The molecule has 1 aromatic carbocycles. The SMILES string of the molecule is Cc1cccc(C)c1CNC(C)C1CC2CCC1C2. The average molecular weight is 257 g/mol. The molecule has 0 saturated heterocycles. The van der Waals surface area contributed by atoms with Gasteiger partial charge in [0.2, 0.25) is 0 Å². The Bertz CT molecular complexity index is 431. The highest BCUT2D eigenvalue weighted by Crippen LogP contribution is 2.49. The molecule has 4 atom stereocenters. The fourth-order valence-corrected chi connectivity index (χ4v) is 4.45. The Hall–Kier alpha value is -0.820. The van der Waals surface area contributed by atoms with Gasteiger partial charge in [0.1, 0.15) is 0 Å². The van der Waals surface area contributed by atoms with E-state index in [0.29, 0.717) is 6.04 Å². The van der Waals surface area contributed by atoms with Gasteiger partial charge in [-0.15, -0.1) is 0 Å². The van der Waals surface area contributed by atoms with Crippen LogP contribution in [0.2, 0.25) is 0 Å². The molecule has 4 unspecified atom stereocenters. The number of nitrogens with one attached hydrogen (secondary N) is 1. The van der Waals surface area contributed by atoms with E-state index in [1.165, 1.54) is 42.4 Å². The van der Waals surface area contributed by atoms with E-state index in [4.69, 9.17) is 0 Å². The van der Waals surface area contributed by atoms with Crippen LogP contribution in [0.1, 0.15) is 49.3 Å². The van der Waals surface area contributed by atoms with Gasteiger partial charge >= 0.3 is 0 Å². The first-order valence-electron chi connectivity index (χ1n) is 7.93. The van der Waals surface area contributed by atoms with Crippen LogP contribution < -0.4 is 5.32 Å². The largest absolute Gasteiger partial charge is 0.310 e. The van der Waals surface area contributed by atoms with Crippen LogP contribution in [-0.4, -0.2) is 6.04 Å². The smallest absolute Gasteiger partial charge is 0.0213 e. The predicted octanol–water partition coefficient (Wildman–Crippen LogP) is 4.22. The van der Waals surface area contributed by atoms with Gasteiger partial charge in [0.15, 0.2) is 0 Å². The van der Waals surface area contributed by atoms with E-state index in [2.05, 4.69) is 44.3 Å². The Balaban J connectivity index is 1.60. The van der Waals surface area contributed by atoms with Crippen molar-refractivity contribution in [3.63, 3.8) is 0 Å². The molecule has 1 aromatic rings. The van der Waals surface area contributed by atoms with Gasteiger partial charge in [-0.05, 0) is 74.5 Å². The Labute approximate surface area is 117 Å². The Kier molecular flexibility index (Phi) is 3.66. The second-order valence-electron chi connectivity index (χ2n) is 6.88. The molecule has 0 aromatic heterocycles. The molecule has 2 fully saturated rings. The number of aryl methyl sites for hydroxylation is 2. The number of fused-ring (bicyclic) bond motifs is 2. The zero-order valence-electron chi connectivity index (χ0n) is 12.6. The summed E-state index contributed by atoms with van der Waals surface area (Å²) in [5.74, 6) is 3.01. The summed E-state index contributed by atoms with van der Waals surface area (Å²) >= 11 is 0. The van der Waals surface area contributed by atoms with Crippen LogP contribution in [0, 0.1) is 31.6 Å². The monoisotopic (exact) mass is 257 g/mol. The number of hydrogen-bond acceptors (Lipinski definition) is 1. The lowest BCUT2D eigenvalue weighted by atomic mass is 9.84. The molecule has 0 spiro atoms. The third kappa shape index (κ3) is 2.58. The second-order valence-corrected chi connectivity index (χ2v) is 6.88. The van der Waals surface area contributed by atoms with Gasteiger partial charge < -0.3 is 5.32 Å². The van der Waals surface area contributed by atoms with E-state index >= 15 is 0 Å². The van der Waals surface area contributed by atoms with Gasteiger partial charge in [-0.3, -0.25) is 0 Å². The summed E-state index contributed by atoms with van der Waals surface area (Å²) in [6.07, 6.45) is 5.99. The molecule has 2 bridgehead atoms. The summed E-state index contributed by atoms with van der Waals surface area (Å²) in [5.41, 5.74) is 4.35. The van der Waals surface area contributed by atoms with Crippen LogP contribution in [0.3, 0.4) is 0 Å². The number of benzene rings is 1. The summed E-state index contributed by atoms with van der Waals surface area (Å²) in [5, 5.41) is 3.81. The van der Waals surface area contributed by atoms with E-state index in [0.717, 1.165) is 24.3 Å². The van der Waals surface area contributed by atoms with Crippen LogP contribution in [0.4, 0.5) is 0 Å². The Morgan fingerprint density at radius 3 is 2.47 bits per heavy atom. The molecular formula is C18H27N. The van der Waals surface area contributed by atoms with Gasteiger partial charge in [-0.1, -0.05) is 24.6 Å². The molecule has 2 aliphatic rings. The Morgan fingerprint density at radius 1 is 1.16 bits per heavy atom. The molecule has 3 rings (SSSR count). The minimum absolute atomic E-state index is 0.675. The standard InChI is InChI=1S/C18H27N/c1-12-5-4-6-13(2)18(12)11-19-14(3)17-10-15-7-8-16(17)9-15/h4-6,14-17,19H,7-11H2,1-3H3. The fourth-order valence-electron chi connectivity index (χ4n) is 4.45. The van der Waals surface area contributed by atoms with E-state index < -0.39 is 0 Å². The van der Waals surface area contributed by atoms with Crippen molar-refractivity contribution in [2.24, 2.45) is 17.8 Å². The van der Waals surface area contributed by atoms with Crippen LogP contribution >= 0.6 is 0 Å². The van der Waals surface area contributed by atoms with Gasteiger partial charge in [-0.2, -0.15) is 0 Å². The van der Waals surface area contributed by atoms with Crippen molar-refractivity contribution in [3.8, 4) is 0 Å². The van der Waals surface area contributed by atoms with Gasteiger partial charge in [0.25, 0.3) is 0 Å². The zero-order chi connectivity index (χ0) is 13.4. The predicted molar refractivity (Wildman–Crippen MR) is 81.2 cm³/mol. The molecule has 104 valence electrons. The summed E-state index contributed by atoms with van der Waals surface area (Å²) < 4.78 is 0.